The van der Waals surface area contributed by atoms with Gasteiger partial charge in [0.05, 0.1) is 5.69 Å². The number of carbonyl (C=O) groups excluding carboxylic acids is 1. The number of nitrogens with zero attached hydrogens (tertiary/aromatic N) is 4. The van der Waals surface area contributed by atoms with E-state index >= 15 is 0 Å². The van der Waals surface area contributed by atoms with E-state index in [-0.39, 0.29) is 5.91 Å². The molecule has 146 valence electrons. The van der Waals surface area contributed by atoms with Gasteiger partial charge in [-0.3, -0.25) is 9.20 Å². The lowest BCUT2D eigenvalue weighted by molar-refractivity contribution is 0.0738. The van der Waals surface area contributed by atoms with Gasteiger partial charge in [-0.2, -0.15) is 0 Å². The minimum Gasteiger partial charge on any atom is -0.368 e. The largest absolute Gasteiger partial charge is 0.368 e. The van der Waals surface area contributed by atoms with Gasteiger partial charge in [0.15, 0.2) is 0 Å². The number of anilines is 1. The molecule has 3 heterocycles. The van der Waals surface area contributed by atoms with Crippen LogP contribution in [0.25, 0.3) is 5.65 Å². The van der Waals surface area contributed by atoms with Crippen LogP contribution in [0.4, 0.5) is 5.69 Å². The molecule has 0 spiro atoms. The molecule has 1 aliphatic rings. The summed E-state index contributed by atoms with van der Waals surface area (Å²) in [4.78, 5) is 22.4. The van der Waals surface area contributed by atoms with Crippen molar-refractivity contribution in [3.8, 4) is 0 Å². The zero-order valence-corrected chi connectivity index (χ0v) is 18.2. The van der Waals surface area contributed by atoms with Gasteiger partial charge >= 0.3 is 0 Å². The SMILES string of the molecule is CCc1nc2ccc(Br)cn2c1C(=O)N1CCN(c2cccc(C)c2C)CC1. The van der Waals surface area contributed by atoms with Gasteiger partial charge in [0.1, 0.15) is 11.3 Å². The van der Waals surface area contributed by atoms with E-state index in [4.69, 9.17) is 0 Å². The summed E-state index contributed by atoms with van der Waals surface area (Å²) in [5.74, 6) is 0.0723. The molecule has 1 aliphatic heterocycles. The standard InChI is InChI=1S/C22H25BrN4O/c1-4-18-21(27-14-17(23)8-9-20(27)24-18)22(28)26-12-10-25(11-13-26)19-7-5-6-15(2)16(19)3/h5-9,14H,4,10-13H2,1-3H3. The molecule has 0 N–H and O–H groups in total. The Morgan fingerprint density at radius 2 is 1.86 bits per heavy atom. The Morgan fingerprint density at radius 1 is 1.11 bits per heavy atom. The molecule has 0 aliphatic carbocycles. The number of rotatable bonds is 3. The van der Waals surface area contributed by atoms with Crippen LogP contribution in [-0.4, -0.2) is 46.4 Å². The van der Waals surface area contributed by atoms with Gasteiger partial charge in [-0.15, -0.1) is 0 Å². The minimum atomic E-state index is 0.0723. The van der Waals surface area contributed by atoms with Crippen molar-refractivity contribution in [2.45, 2.75) is 27.2 Å². The summed E-state index contributed by atoms with van der Waals surface area (Å²) in [5.41, 5.74) is 6.28. The van der Waals surface area contributed by atoms with Crippen molar-refractivity contribution < 1.29 is 4.79 Å². The average molecular weight is 441 g/mol. The number of amides is 1. The van der Waals surface area contributed by atoms with E-state index < -0.39 is 0 Å². The Hall–Kier alpha value is -2.34. The van der Waals surface area contributed by atoms with Crippen molar-refractivity contribution in [3.05, 3.63) is 63.5 Å². The fourth-order valence-electron chi connectivity index (χ4n) is 3.92. The number of benzene rings is 1. The number of piperazine rings is 1. The van der Waals surface area contributed by atoms with Crippen molar-refractivity contribution in [2.75, 3.05) is 31.1 Å². The lowest BCUT2D eigenvalue weighted by atomic mass is 10.1. The molecule has 0 saturated carbocycles. The van der Waals surface area contributed by atoms with Gasteiger partial charge in [-0.25, -0.2) is 4.98 Å². The smallest absolute Gasteiger partial charge is 0.272 e. The van der Waals surface area contributed by atoms with E-state index in [0.717, 1.165) is 48.4 Å². The molecule has 0 bridgehead atoms. The van der Waals surface area contributed by atoms with Crippen LogP contribution in [0, 0.1) is 13.8 Å². The molecule has 0 radical (unpaired) electrons. The zero-order chi connectivity index (χ0) is 19.8. The summed E-state index contributed by atoms with van der Waals surface area (Å²) in [6.07, 6.45) is 2.67. The van der Waals surface area contributed by atoms with Crippen LogP contribution in [0.1, 0.15) is 34.2 Å². The molecule has 2 aromatic heterocycles. The second-order valence-electron chi connectivity index (χ2n) is 7.33. The number of aromatic nitrogens is 2. The maximum Gasteiger partial charge on any atom is 0.272 e. The highest BCUT2D eigenvalue weighted by molar-refractivity contribution is 9.10. The molecule has 5 nitrogen and oxygen atoms in total. The normalized spacial score (nSPS) is 14.7. The maximum absolute atomic E-state index is 13.4. The molecule has 0 atom stereocenters. The highest BCUT2D eigenvalue weighted by Crippen LogP contribution is 2.25. The van der Waals surface area contributed by atoms with Crippen LogP contribution in [-0.2, 0) is 6.42 Å². The summed E-state index contributed by atoms with van der Waals surface area (Å²) < 4.78 is 2.86. The summed E-state index contributed by atoms with van der Waals surface area (Å²) in [6.45, 7) is 9.49. The molecule has 28 heavy (non-hydrogen) atoms. The Labute approximate surface area is 174 Å². The van der Waals surface area contributed by atoms with Crippen molar-refractivity contribution in [1.82, 2.24) is 14.3 Å². The lowest BCUT2D eigenvalue weighted by Crippen LogP contribution is -2.49. The summed E-state index contributed by atoms with van der Waals surface area (Å²) in [6, 6.07) is 10.3. The Kier molecular flexibility index (Phi) is 5.15. The van der Waals surface area contributed by atoms with Gasteiger partial charge < -0.3 is 9.80 Å². The predicted octanol–water partition coefficient (Wildman–Crippen LogP) is 4.24. The van der Waals surface area contributed by atoms with Crippen LogP contribution in [0.3, 0.4) is 0 Å². The highest BCUT2D eigenvalue weighted by atomic mass is 79.9. The van der Waals surface area contributed by atoms with Crippen molar-refractivity contribution >= 4 is 33.2 Å². The molecule has 1 amide bonds. The van der Waals surface area contributed by atoms with Gasteiger partial charge in [-0.05, 0) is 65.5 Å². The molecular weight excluding hydrogens is 416 g/mol. The van der Waals surface area contributed by atoms with Gasteiger partial charge in [0.25, 0.3) is 5.91 Å². The van der Waals surface area contributed by atoms with E-state index in [1.165, 1.54) is 16.8 Å². The van der Waals surface area contributed by atoms with Crippen LogP contribution >= 0.6 is 15.9 Å². The summed E-state index contributed by atoms with van der Waals surface area (Å²) in [7, 11) is 0. The molecule has 1 fully saturated rings. The third kappa shape index (κ3) is 3.30. The van der Waals surface area contributed by atoms with Gasteiger partial charge in [0, 0.05) is 42.5 Å². The topological polar surface area (TPSA) is 40.9 Å². The Balaban J connectivity index is 1.57. The summed E-state index contributed by atoms with van der Waals surface area (Å²) >= 11 is 3.51. The second kappa shape index (κ2) is 7.59. The molecule has 3 aromatic rings. The first kappa shape index (κ1) is 19.0. The molecule has 1 saturated heterocycles. The number of aryl methyl sites for hydroxylation is 2. The number of pyridine rings is 1. The quantitative estimate of drug-likeness (QED) is 0.611. The number of hydrogen-bond donors (Lipinski definition) is 0. The first-order valence-electron chi connectivity index (χ1n) is 9.76. The minimum absolute atomic E-state index is 0.0723. The third-order valence-electron chi connectivity index (χ3n) is 5.68. The van der Waals surface area contributed by atoms with Crippen molar-refractivity contribution in [1.29, 1.82) is 0 Å². The first-order chi connectivity index (χ1) is 13.5. The van der Waals surface area contributed by atoms with Crippen molar-refractivity contribution in [3.63, 3.8) is 0 Å². The fourth-order valence-corrected chi connectivity index (χ4v) is 4.26. The zero-order valence-electron chi connectivity index (χ0n) is 16.6. The van der Waals surface area contributed by atoms with E-state index in [9.17, 15) is 4.79 Å². The van der Waals surface area contributed by atoms with Gasteiger partial charge in [-0.1, -0.05) is 19.1 Å². The molecule has 4 rings (SSSR count). The number of fused-ring (bicyclic) bond motifs is 1. The molecule has 0 unspecified atom stereocenters. The van der Waals surface area contributed by atoms with Crippen LogP contribution in [0.5, 0.6) is 0 Å². The number of halogens is 1. The monoisotopic (exact) mass is 440 g/mol. The van der Waals surface area contributed by atoms with E-state index in [0.29, 0.717) is 5.69 Å². The molecular formula is C22H25BrN4O. The molecule has 6 heteroatoms. The summed E-state index contributed by atoms with van der Waals surface area (Å²) in [5, 5.41) is 0. The predicted molar refractivity (Wildman–Crippen MR) is 116 cm³/mol. The second-order valence-corrected chi connectivity index (χ2v) is 8.25. The van der Waals surface area contributed by atoms with Crippen LogP contribution in [0.2, 0.25) is 0 Å². The van der Waals surface area contributed by atoms with E-state index in [2.05, 4.69) is 57.9 Å². The highest BCUT2D eigenvalue weighted by Gasteiger charge is 2.27. The number of hydrogen-bond acceptors (Lipinski definition) is 3. The van der Waals surface area contributed by atoms with Crippen LogP contribution in [0.15, 0.2) is 41.0 Å². The lowest BCUT2D eigenvalue weighted by Gasteiger charge is -2.37. The van der Waals surface area contributed by atoms with Gasteiger partial charge in [0.2, 0.25) is 0 Å². The van der Waals surface area contributed by atoms with E-state index in [1.807, 2.05) is 34.6 Å². The fraction of sp³-hybridized carbons (Fsp3) is 0.364. The number of imidazole rings is 1. The average Bonchev–Trinajstić information content (AvgIpc) is 3.07. The van der Waals surface area contributed by atoms with Crippen LogP contribution < -0.4 is 4.90 Å². The third-order valence-corrected chi connectivity index (χ3v) is 6.14. The Bertz CT molecular complexity index is 1030. The van der Waals surface area contributed by atoms with E-state index in [1.54, 1.807) is 0 Å². The maximum atomic E-state index is 13.4. The first-order valence-corrected chi connectivity index (χ1v) is 10.6. The molecule has 1 aromatic carbocycles. The number of carbonyl (C=O) groups is 1. The van der Waals surface area contributed by atoms with Crippen molar-refractivity contribution in [2.24, 2.45) is 0 Å². The Morgan fingerprint density at radius 3 is 2.57 bits per heavy atom.